The standard InChI is InChI=1S/C16H22BNO4/c1-15(2)16(3,4)22-17(21-15)10-11-18-14(19)20-12-13-8-6-5-7-9-13/h5-11H,12H2,1-4H3,(H,18,19)/b11-10+. The molecule has 0 bridgehead atoms. The van der Waals surface area contributed by atoms with Crippen molar-refractivity contribution < 1.29 is 18.8 Å². The van der Waals surface area contributed by atoms with Crippen molar-refractivity contribution in [2.75, 3.05) is 0 Å². The second-order valence-electron chi connectivity index (χ2n) is 6.19. The van der Waals surface area contributed by atoms with E-state index in [1.54, 1.807) is 5.98 Å². The fraction of sp³-hybridized carbons (Fsp3) is 0.438. The number of carbonyl (C=O) groups excluding carboxylic acids is 1. The molecule has 0 spiro atoms. The molecule has 118 valence electrons. The predicted molar refractivity (Wildman–Crippen MR) is 85.0 cm³/mol. The van der Waals surface area contributed by atoms with Gasteiger partial charge in [0.15, 0.2) is 0 Å². The van der Waals surface area contributed by atoms with E-state index >= 15 is 0 Å². The number of amides is 1. The molecular formula is C16H22BNO4. The summed E-state index contributed by atoms with van der Waals surface area (Å²) in [5.41, 5.74) is 0.152. The third-order valence-corrected chi connectivity index (χ3v) is 3.94. The molecule has 0 aromatic heterocycles. The minimum Gasteiger partial charge on any atom is -0.444 e. The number of benzene rings is 1. The number of rotatable bonds is 4. The summed E-state index contributed by atoms with van der Waals surface area (Å²) in [7, 11) is -0.487. The van der Waals surface area contributed by atoms with Gasteiger partial charge < -0.3 is 14.0 Å². The molecule has 1 aromatic carbocycles. The first kappa shape index (κ1) is 16.6. The predicted octanol–water partition coefficient (Wildman–Crippen LogP) is 3.06. The van der Waals surface area contributed by atoms with E-state index in [4.69, 9.17) is 14.0 Å². The van der Waals surface area contributed by atoms with Crippen molar-refractivity contribution >= 4 is 13.2 Å². The van der Waals surface area contributed by atoms with Crippen LogP contribution in [0, 0.1) is 0 Å². The third-order valence-electron chi connectivity index (χ3n) is 3.94. The summed E-state index contributed by atoms with van der Waals surface area (Å²) in [5.74, 6) is 1.65. The Bertz CT molecular complexity index is 526. The molecule has 1 aliphatic heterocycles. The third kappa shape index (κ3) is 4.12. The van der Waals surface area contributed by atoms with Gasteiger partial charge in [0, 0.05) is 0 Å². The average molecular weight is 303 g/mol. The molecule has 1 saturated heterocycles. The summed E-state index contributed by atoms with van der Waals surface area (Å²) < 4.78 is 16.6. The van der Waals surface area contributed by atoms with E-state index in [1.165, 1.54) is 6.20 Å². The number of carbonyl (C=O) groups is 1. The Morgan fingerprint density at radius 2 is 1.77 bits per heavy atom. The van der Waals surface area contributed by atoms with E-state index < -0.39 is 24.4 Å². The topological polar surface area (TPSA) is 56.8 Å². The van der Waals surface area contributed by atoms with E-state index in [-0.39, 0.29) is 6.61 Å². The Kier molecular flexibility index (Phi) is 4.93. The molecule has 1 aromatic rings. The highest BCUT2D eigenvalue weighted by Crippen LogP contribution is 2.36. The molecule has 1 heterocycles. The summed E-state index contributed by atoms with van der Waals surface area (Å²) in [6.45, 7) is 8.13. The molecule has 1 fully saturated rings. The van der Waals surface area contributed by atoms with E-state index in [9.17, 15) is 4.79 Å². The highest BCUT2D eigenvalue weighted by atomic mass is 16.7. The molecule has 0 unspecified atom stereocenters. The molecule has 0 atom stereocenters. The fourth-order valence-electron chi connectivity index (χ4n) is 1.93. The summed E-state index contributed by atoms with van der Waals surface area (Å²) in [4.78, 5) is 11.6. The zero-order chi connectivity index (χ0) is 16.2. The lowest BCUT2D eigenvalue weighted by Crippen LogP contribution is -2.41. The van der Waals surface area contributed by atoms with E-state index in [0.717, 1.165) is 5.56 Å². The van der Waals surface area contributed by atoms with Crippen LogP contribution < -0.4 is 5.32 Å². The normalized spacial score (nSPS) is 19.4. The first-order valence-corrected chi connectivity index (χ1v) is 7.30. The van der Waals surface area contributed by atoms with Crippen LogP contribution in [0.1, 0.15) is 33.3 Å². The second kappa shape index (κ2) is 6.54. The van der Waals surface area contributed by atoms with E-state index in [2.05, 4.69) is 5.32 Å². The molecular weight excluding hydrogens is 281 g/mol. The van der Waals surface area contributed by atoms with Gasteiger partial charge >= 0.3 is 13.2 Å². The van der Waals surface area contributed by atoms with Crippen molar-refractivity contribution in [2.45, 2.75) is 45.5 Å². The van der Waals surface area contributed by atoms with Gasteiger partial charge in [0.05, 0.1) is 11.2 Å². The van der Waals surface area contributed by atoms with Gasteiger partial charge in [-0.25, -0.2) is 4.79 Å². The molecule has 1 amide bonds. The van der Waals surface area contributed by atoms with Crippen LogP contribution in [-0.2, 0) is 20.7 Å². The largest absolute Gasteiger partial charge is 0.488 e. The molecule has 5 nitrogen and oxygen atoms in total. The summed E-state index contributed by atoms with van der Waals surface area (Å²) in [6.07, 6.45) is 0.965. The second-order valence-corrected chi connectivity index (χ2v) is 6.19. The van der Waals surface area contributed by atoms with Gasteiger partial charge in [0.2, 0.25) is 0 Å². The molecule has 0 radical (unpaired) electrons. The molecule has 0 aliphatic carbocycles. The molecule has 22 heavy (non-hydrogen) atoms. The SMILES string of the molecule is CC1(C)OB(/C=C/NC(=O)OCc2ccccc2)OC1(C)C. The maximum atomic E-state index is 11.6. The molecule has 6 heteroatoms. The maximum absolute atomic E-state index is 11.6. The number of nitrogens with one attached hydrogen (secondary N) is 1. The van der Waals surface area contributed by atoms with Crippen LogP contribution in [0.3, 0.4) is 0 Å². The summed E-state index contributed by atoms with van der Waals surface area (Å²) >= 11 is 0. The Morgan fingerprint density at radius 1 is 1.18 bits per heavy atom. The minimum atomic E-state index is -0.517. The van der Waals surface area contributed by atoms with Crippen LogP contribution in [0.4, 0.5) is 4.79 Å². The summed E-state index contributed by atoms with van der Waals surface area (Å²) in [5, 5.41) is 2.53. The van der Waals surface area contributed by atoms with Crippen LogP contribution >= 0.6 is 0 Å². The highest BCUT2D eigenvalue weighted by molar-refractivity contribution is 6.51. The fourth-order valence-corrected chi connectivity index (χ4v) is 1.93. The van der Waals surface area contributed by atoms with Crippen LogP contribution in [0.25, 0.3) is 0 Å². The number of ether oxygens (including phenoxy) is 1. The number of hydrogen-bond acceptors (Lipinski definition) is 4. The van der Waals surface area contributed by atoms with Gasteiger partial charge in [-0.2, -0.15) is 0 Å². The maximum Gasteiger partial charge on any atom is 0.488 e. The lowest BCUT2D eigenvalue weighted by atomic mass is 9.90. The van der Waals surface area contributed by atoms with Crippen LogP contribution in [0.2, 0.25) is 0 Å². The van der Waals surface area contributed by atoms with E-state index in [1.807, 2.05) is 58.0 Å². The van der Waals surface area contributed by atoms with Crippen molar-refractivity contribution in [3.63, 3.8) is 0 Å². The van der Waals surface area contributed by atoms with Crippen molar-refractivity contribution in [1.29, 1.82) is 0 Å². The Balaban J connectivity index is 1.75. The first-order chi connectivity index (χ1) is 10.3. The Morgan fingerprint density at radius 3 is 2.36 bits per heavy atom. The quantitative estimate of drug-likeness (QED) is 0.869. The zero-order valence-corrected chi connectivity index (χ0v) is 13.5. The zero-order valence-electron chi connectivity index (χ0n) is 13.5. The van der Waals surface area contributed by atoms with Crippen LogP contribution in [0.5, 0.6) is 0 Å². The van der Waals surface area contributed by atoms with Crippen molar-refractivity contribution in [1.82, 2.24) is 5.32 Å². The monoisotopic (exact) mass is 303 g/mol. The van der Waals surface area contributed by atoms with Crippen molar-refractivity contribution in [3.8, 4) is 0 Å². The lowest BCUT2D eigenvalue weighted by molar-refractivity contribution is 0.00578. The molecule has 0 saturated carbocycles. The summed E-state index contributed by atoms with van der Waals surface area (Å²) in [6, 6.07) is 9.50. The first-order valence-electron chi connectivity index (χ1n) is 7.30. The Hall–Kier alpha value is -1.79. The van der Waals surface area contributed by atoms with Gasteiger partial charge in [-0.1, -0.05) is 30.3 Å². The number of alkyl carbamates (subject to hydrolysis) is 1. The van der Waals surface area contributed by atoms with Crippen molar-refractivity contribution in [2.24, 2.45) is 0 Å². The Labute approximate surface area is 131 Å². The lowest BCUT2D eigenvalue weighted by Gasteiger charge is -2.32. The molecule has 1 aliphatic rings. The van der Waals surface area contributed by atoms with Gasteiger partial charge in [-0.15, -0.1) is 0 Å². The smallest absolute Gasteiger partial charge is 0.444 e. The average Bonchev–Trinajstić information content (AvgIpc) is 2.65. The van der Waals surface area contributed by atoms with Crippen LogP contribution in [0.15, 0.2) is 42.5 Å². The van der Waals surface area contributed by atoms with Gasteiger partial charge in [0.25, 0.3) is 0 Å². The number of hydrogen-bond donors (Lipinski definition) is 1. The van der Waals surface area contributed by atoms with Gasteiger partial charge in [-0.05, 0) is 45.4 Å². The minimum absolute atomic E-state index is 0.233. The van der Waals surface area contributed by atoms with Crippen LogP contribution in [-0.4, -0.2) is 24.4 Å². The molecule has 1 N–H and O–H groups in total. The van der Waals surface area contributed by atoms with Gasteiger partial charge in [-0.3, -0.25) is 5.32 Å². The van der Waals surface area contributed by atoms with E-state index in [0.29, 0.717) is 0 Å². The highest BCUT2D eigenvalue weighted by Gasteiger charge is 2.50. The van der Waals surface area contributed by atoms with Crippen molar-refractivity contribution in [3.05, 3.63) is 48.1 Å². The van der Waals surface area contributed by atoms with Gasteiger partial charge in [0.1, 0.15) is 6.61 Å². The molecule has 2 rings (SSSR count).